The highest BCUT2D eigenvalue weighted by Gasteiger charge is 2.10. The van der Waals surface area contributed by atoms with Gasteiger partial charge in [0.05, 0.1) is 11.9 Å². The highest BCUT2D eigenvalue weighted by molar-refractivity contribution is 7.98. The number of rotatable bonds is 4. The van der Waals surface area contributed by atoms with Crippen LogP contribution in [0.3, 0.4) is 0 Å². The number of hydrogen-bond donors (Lipinski definition) is 3. The van der Waals surface area contributed by atoms with Gasteiger partial charge in [0.2, 0.25) is 0 Å². The number of H-pyrrole nitrogens is 1. The normalized spacial score (nSPS) is 10.5. The van der Waals surface area contributed by atoms with Crippen LogP contribution in [-0.4, -0.2) is 32.4 Å². The van der Waals surface area contributed by atoms with E-state index < -0.39 is 6.09 Å². The van der Waals surface area contributed by atoms with Crippen LogP contribution in [0.5, 0.6) is 11.5 Å². The average molecular weight is 344 g/mol. The molecule has 24 heavy (non-hydrogen) atoms. The molecule has 0 aliphatic rings. The predicted octanol–water partition coefficient (Wildman–Crippen LogP) is 2.92. The first-order chi connectivity index (χ1) is 11.6. The number of fused-ring (bicyclic) bond motifs is 1. The molecular weight excluding hydrogens is 332 g/mol. The number of hydrogen-bond acceptors (Lipinski definition) is 6. The zero-order valence-electron chi connectivity index (χ0n) is 12.4. The van der Waals surface area contributed by atoms with Crippen molar-refractivity contribution in [2.24, 2.45) is 0 Å². The van der Waals surface area contributed by atoms with Gasteiger partial charge in [-0.25, -0.2) is 14.8 Å². The SMILES string of the molecule is CSc1cc(Oc2ccnc3[nH]c(=O)cnc23)ccc1NC(=O)O. The van der Waals surface area contributed by atoms with Crippen molar-refractivity contribution in [3.8, 4) is 11.5 Å². The van der Waals surface area contributed by atoms with Crippen molar-refractivity contribution in [3.05, 3.63) is 47.0 Å². The van der Waals surface area contributed by atoms with Gasteiger partial charge in [-0.05, 0) is 24.5 Å². The Morgan fingerprint density at radius 1 is 1.33 bits per heavy atom. The van der Waals surface area contributed by atoms with Gasteiger partial charge in [0.25, 0.3) is 5.56 Å². The Morgan fingerprint density at radius 2 is 2.17 bits per heavy atom. The van der Waals surface area contributed by atoms with E-state index in [4.69, 9.17) is 9.84 Å². The second-order valence-corrected chi connectivity index (χ2v) is 5.50. The van der Waals surface area contributed by atoms with E-state index in [-0.39, 0.29) is 5.56 Å². The maximum Gasteiger partial charge on any atom is 0.409 e. The Labute approximate surface area is 139 Å². The molecule has 0 aliphatic heterocycles. The fourth-order valence-corrected chi connectivity index (χ4v) is 2.66. The van der Waals surface area contributed by atoms with Crippen LogP contribution in [0.1, 0.15) is 0 Å². The van der Waals surface area contributed by atoms with Crippen molar-refractivity contribution in [1.82, 2.24) is 15.0 Å². The summed E-state index contributed by atoms with van der Waals surface area (Å²) in [6.07, 6.45) is 3.36. The Morgan fingerprint density at radius 3 is 2.92 bits per heavy atom. The molecule has 3 aromatic rings. The third-order valence-electron chi connectivity index (χ3n) is 3.08. The van der Waals surface area contributed by atoms with Crippen LogP contribution < -0.4 is 15.6 Å². The first kappa shape index (κ1) is 15.8. The molecule has 1 amide bonds. The first-order valence-electron chi connectivity index (χ1n) is 6.76. The molecule has 0 saturated carbocycles. The molecule has 3 N–H and O–H groups in total. The smallest absolute Gasteiger partial charge is 0.409 e. The number of carbonyl (C=O) groups is 1. The van der Waals surface area contributed by atoms with Gasteiger partial charge in [-0.1, -0.05) is 0 Å². The van der Waals surface area contributed by atoms with Crippen LogP contribution >= 0.6 is 11.8 Å². The van der Waals surface area contributed by atoms with Gasteiger partial charge >= 0.3 is 6.09 Å². The number of ether oxygens (including phenoxy) is 1. The molecule has 8 nitrogen and oxygen atoms in total. The molecule has 122 valence electrons. The Bertz CT molecular complexity index is 973. The molecule has 0 atom stereocenters. The molecular formula is C15H12N4O4S. The number of thioether (sulfide) groups is 1. The van der Waals surface area contributed by atoms with Gasteiger partial charge in [-0.3, -0.25) is 10.1 Å². The van der Waals surface area contributed by atoms with Crippen molar-refractivity contribution in [1.29, 1.82) is 0 Å². The van der Waals surface area contributed by atoms with Gasteiger partial charge in [0.1, 0.15) is 11.3 Å². The third-order valence-corrected chi connectivity index (χ3v) is 3.86. The Hall–Kier alpha value is -3.07. The lowest BCUT2D eigenvalue weighted by atomic mass is 10.3. The number of amides is 1. The summed E-state index contributed by atoms with van der Waals surface area (Å²) in [6, 6.07) is 6.61. The molecule has 0 saturated heterocycles. The van der Waals surface area contributed by atoms with Crippen LogP contribution in [0.4, 0.5) is 10.5 Å². The number of pyridine rings is 1. The van der Waals surface area contributed by atoms with Crippen LogP contribution in [0.15, 0.2) is 46.3 Å². The van der Waals surface area contributed by atoms with Gasteiger partial charge in [-0.15, -0.1) is 11.8 Å². The first-order valence-corrected chi connectivity index (χ1v) is 7.99. The summed E-state index contributed by atoms with van der Waals surface area (Å²) in [6.45, 7) is 0. The Kier molecular flexibility index (Phi) is 4.34. The number of anilines is 1. The molecule has 0 aliphatic carbocycles. The minimum atomic E-state index is -1.13. The lowest BCUT2D eigenvalue weighted by Crippen LogP contribution is -2.08. The zero-order chi connectivity index (χ0) is 17.1. The minimum Gasteiger partial charge on any atom is -0.465 e. The second-order valence-electron chi connectivity index (χ2n) is 4.65. The second kappa shape index (κ2) is 6.59. The average Bonchev–Trinajstić information content (AvgIpc) is 2.55. The largest absolute Gasteiger partial charge is 0.465 e. The van der Waals surface area contributed by atoms with Crippen molar-refractivity contribution in [2.75, 3.05) is 11.6 Å². The van der Waals surface area contributed by atoms with E-state index in [9.17, 15) is 9.59 Å². The molecule has 0 fully saturated rings. The molecule has 0 unspecified atom stereocenters. The summed E-state index contributed by atoms with van der Waals surface area (Å²) in [4.78, 5) is 33.5. The molecule has 9 heteroatoms. The highest BCUT2D eigenvalue weighted by Crippen LogP contribution is 2.33. The lowest BCUT2D eigenvalue weighted by Gasteiger charge is -2.11. The fraction of sp³-hybridized carbons (Fsp3) is 0.0667. The Balaban J connectivity index is 1.97. The zero-order valence-corrected chi connectivity index (χ0v) is 13.3. The van der Waals surface area contributed by atoms with Gasteiger partial charge in [0.15, 0.2) is 11.4 Å². The molecule has 0 bridgehead atoms. The number of benzene rings is 1. The van der Waals surface area contributed by atoms with Gasteiger partial charge in [0, 0.05) is 17.2 Å². The summed E-state index contributed by atoms with van der Waals surface area (Å²) in [5.41, 5.74) is 0.884. The summed E-state index contributed by atoms with van der Waals surface area (Å²) in [7, 11) is 0. The number of nitrogens with zero attached hydrogens (tertiary/aromatic N) is 2. The molecule has 2 heterocycles. The third kappa shape index (κ3) is 3.30. The molecule has 1 aromatic carbocycles. The van der Waals surface area contributed by atoms with Gasteiger partial charge in [-0.2, -0.15) is 0 Å². The standard InChI is InChI=1S/C15H12N4O4S/c1-24-11-6-8(2-3-9(11)18-15(21)22)23-10-4-5-16-14-13(10)17-7-12(20)19-14/h2-7,18H,1H3,(H,21,22)(H,16,19,20). The van der Waals surface area contributed by atoms with Crippen molar-refractivity contribution >= 4 is 34.7 Å². The van der Waals surface area contributed by atoms with E-state index in [0.29, 0.717) is 28.4 Å². The van der Waals surface area contributed by atoms with Gasteiger partial charge < -0.3 is 14.8 Å². The topological polar surface area (TPSA) is 117 Å². The number of aromatic nitrogens is 3. The van der Waals surface area contributed by atoms with Crippen molar-refractivity contribution in [3.63, 3.8) is 0 Å². The van der Waals surface area contributed by atoms with Crippen LogP contribution in [0, 0.1) is 0 Å². The molecule has 2 aromatic heterocycles. The monoisotopic (exact) mass is 344 g/mol. The lowest BCUT2D eigenvalue weighted by molar-refractivity contribution is 0.209. The van der Waals surface area contributed by atoms with E-state index in [1.165, 1.54) is 18.0 Å². The molecule has 0 radical (unpaired) electrons. The minimum absolute atomic E-state index is 0.328. The molecule has 3 rings (SSSR count). The quantitative estimate of drug-likeness (QED) is 0.623. The summed E-state index contributed by atoms with van der Waals surface area (Å²) in [5, 5.41) is 11.2. The van der Waals surface area contributed by atoms with Crippen LogP contribution in [-0.2, 0) is 0 Å². The predicted molar refractivity (Wildman–Crippen MR) is 90.1 cm³/mol. The molecule has 0 spiro atoms. The fourth-order valence-electron chi connectivity index (χ4n) is 2.09. The number of aromatic amines is 1. The summed E-state index contributed by atoms with van der Waals surface area (Å²) < 4.78 is 5.82. The summed E-state index contributed by atoms with van der Waals surface area (Å²) >= 11 is 1.39. The van der Waals surface area contributed by atoms with Crippen molar-refractivity contribution in [2.45, 2.75) is 4.90 Å². The highest BCUT2D eigenvalue weighted by atomic mass is 32.2. The van der Waals surface area contributed by atoms with Crippen LogP contribution in [0.2, 0.25) is 0 Å². The van der Waals surface area contributed by atoms with Crippen molar-refractivity contribution < 1.29 is 14.6 Å². The van der Waals surface area contributed by atoms with E-state index >= 15 is 0 Å². The van der Waals surface area contributed by atoms with E-state index in [1.807, 2.05) is 6.26 Å². The number of carboxylic acid groups (broad SMARTS) is 1. The summed E-state index contributed by atoms with van der Waals surface area (Å²) in [5.74, 6) is 0.943. The number of nitrogens with one attached hydrogen (secondary N) is 2. The van der Waals surface area contributed by atoms with E-state index in [0.717, 1.165) is 11.1 Å². The maximum absolute atomic E-state index is 11.3. The maximum atomic E-state index is 11.3. The van der Waals surface area contributed by atoms with E-state index in [2.05, 4.69) is 20.3 Å². The van der Waals surface area contributed by atoms with E-state index in [1.54, 1.807) is 24.3 Å². The van der Waals surface area contributed by atoms with Crippen LogP contribution in [0.25, 0.3) is 11.2 Å².